The summed E-state index contributed by atoms with van der Waals surface area (Å²) in [7, 11) is 0. The predicted octanol–water partition coefficient (Wildman–Crippen LogP) is 2.75. The third-order valence-electron chi connectivity index (χ3n) is 5.36. The molecule has 2 fully saturated rings. The number of hydrogen-bond donors (Lipinski definition) is 2. The van der Waals surface area contributed by atoms with Crippen LogP contribution in [0.15, 0.2) is 48.5 Å². The van der Waals surface area contributed by atoms with Crippen molar-refractivity contribution in [1.82, 2.24) is 15.6 Å². The molecule has 130 valence electrons. The van der Waals surface area contributed by atoms with Gasteiger partial charge in [-0.1, -0.05) is 48.0 Å². The molecule has 4 rings (SSSR count). The average Bonchev–Trinajstić information content (AvgIpc) is 2.98. The number of nitrogens with one attached hydrogen (secondary N) is 2. The highest BCUT2D eigenvalue weighted by atomic mass is 35.5. The number of fused-ring (bicyclic) bond motifs is 1. The normalized spacial score (nSPS) is 26.8. The third-order valence-corrected chi connectivity index (χ3v) is 5.57. The number of carbonyl (C=O) groups is 1. The van der Waals surface area contributed by atoms with Gasteiger partial charge in [0.05, 0.1) is 5.69 Å². The average molecular weight is 358 g/mol. The van der Waals surface area contributed by atoms with Crippen molar-refractivity contribution >= 4 is 17.7 Å². The number of rotatable bonds is 5. The fourth-order valence-electron chi connectivity index (χ4n) is 4.04. The van der Waals surface area contributed by atoms with Gasteiger partial charge in [-0.3, -0.25) is 0 Å². The van der Waals surface area contributed by atoms with Gasteiger partial charge < -0.3 is 15.4 Å². The van der Waals surface area contributed by atoms with Gasteiger partial charge in [-0.2, -0.15) is 0 Å². The summed E-state index contributed by atoms with van der Waals surface area (Å²) >= 11 is 6.08. The van der Waals surface area contributed by atoms with Gasteiger partial charge in [0.1, 0.15) is 11.8 Å². The molecule has 2 aromatic rings. The van der Waals surface area contributed by atoms with E-state index < -0.39 is 6.09 Å². The van der Waals surface area contributed by atoms with Gasteiger partial charge in [0.25, 0.3) is 0 Å². The van der Waals surface area contributed by atoms with E-state index in [-0.39, 0.29) is 12.0 Å². The largest absolute Gasteiger partial charge is 0.445 e. The van der Waals surface area contributed by atoms with Gasteiger partial charge in [0.2, 0.25) is 0 Å². The van der Waals surface area contributed by atoms with Crippen molar-refractivity contribution in [1.29, 1.82) is 0 Å². The smallest absolute Gasteiger partial charge is 0.407 e. The Morgan fingerprint density at radius 3 is 2.68 bits per heavy atom. The Hall–Kier alpha value is -2.11. The van der Waals surface area contributed by atoms with Crippen molar-refractivity contribution in [2.45, 2.75) is 12.0 Å². The molecule has 6 heteroatoms. The van der Waals surface area contributed by atoms with E-state index in [0.29, 0.717) is 23.5 Å². The molecule has 1 aromatic heterocycles. The highest BCUT2D eigenvalue weighted by Gasteiger charge is 2.67. The van der Waals surface area contributed by atoms with Gasteiger partial charge in [-0.25, -0.2) is 9.78 Å². The third kappa shape index (κ3) is 3.10. The minimum Gasteiger partial charge on any atom is -0.445 e. The molecule has 0 radical (unpaired) electrons. The summed E-state index contributed by atoms with van der Waals surface area (Å²) in [6.07, 6.45) is -0.400. The molecule has 2 heterocycles. The minimum atomic E-state index is -0.400. The Kier molecular flexibility index (Phi) is 4.36. The Morgan fingerprint density at radius 2 is 1.96 bits per heavy atom. The standard InChI is InChI=1S/C19H20ClN3O2/c20-17-8-4-7-16(23-17)19(14-9-21-10-15(14)19)12-22-18(24)25-11-13-5-2-1-3-6-13/h1-8,14-15,21H,9-12H2,(H,22,24)/t14-,15+,19?. The molecule has 0 bridgehead atoms. The molecule has 2 N–H and O–H groups in total. The molecular formula is C19H20ClN3O2. The summed E-state index contributed by atoms with van der Waals surface area (Å²) in [4.78, 5) is 16.6. The fourth-order valence-corrected chi connectivity index (χ4v) is 4.20. The molecule has 25 heavy (non-hydrogen) atoms. The zero-order chi connectivity index (χ0) is 17.3. The maximum atomic E-state index is 12.1. The summed E-state index contributed by atoms with van der Waals surface area (Å²) in [5.41, 5.74) is 1.79. The lowest BCUT2D eigenvalue weighted by Gasteiger charge is -2.21. The monoisotopic (exact) mass is 357 g/mol. The molecule has 1 amide bonds. The van der Waals surface area contributed by atoms with Crippen molar-refractivity contribution in [3.63, 3.8) is 0 Å². The lowest BCUT2D eigenvalue weighted by Crippen LogP contribution is -2.38. The van der Waals surface area contributed by atoms with Crippen LogP contribution >= 0.6 is 11.6 Å². The van der Waals surface area contributed by atoms with Crippen LogP contribution in [-0.4, -0.2) is 30.7 Å². The van der Waals surface area contributed by atoms with Gasteiger partial charge in [0.15, 0.2) is 0 Å². The second-order valence-electron chi connectivity index (χ2n) is 6.67. The van der Waals surface area contributed by atoms with Crippen LogP contribution < -0.4 is 10.6 Å². The van der Waals surface area contributed by atoms with Crippen molar-refractivity contribution in [3.8, 4) is 0 Å². The van der Waals surface area contributed by atoms with Crippen LogP contribution in [0.3, 0.4) is 0 Å². The number of amides is 1. The van der Waals surface area contributed by atoms with Crippen molar-refractivity contribution in [2.75, 3.05) is 19.6 Å². The van der Waals surface area contributed by atoms with E-state index in [1.54, 1.807) is 6.07 Å². The molecule has 1 aliphatic heterocycles. The van der Waals surface area contributed by atoms with Crippen LogP contribution in [-0.2, 0) is 16.8 Å². The summed E-state index contributed by atoms with van der Waals surface area (Å²) in [6, 6.07) is 15.3. The summed E-state index contributed by atoms with van der Waals surface area (Å²) < 4.78 is 5.32. The van der Waals surface area contributed by atoms with E-state index in [1.165, 1.54) is 0 Å². The highest BCUT2D eigenvalue weighted by molar-refractivity contribution is 6.29. The van der Waals surface area contributed by atoms with E-state index in [9.17, 15) is 4.79 Å². The fraction of sp³-hybridized carbons (Fsp3) is 0.368. The Labute approximate surface area is 151 Å². The molecule has 1 aromatic carbocycles. The number of carbonyl (C=O) groups excluding carboxylic acids is 1. The van der Waals surface area contributed by atoms with Crippen LogP contribution in [0, 0.1) is 11.8 Å². The van der Waals surface area contributed by atoms with Gasteiger partial charge in [-0.15, -0.1) is 0 Å². The second-order valence-corrected chi connectivity index (χ2v) is 7.06. The number of piperidine rings is 1. The molecule has 1 aliphatic carbocycles. The molecule has 0 spiro atoms. The lowest BCUT2D eigenvalue weighted by atomic mass is 9.95. The first-order valence-corrected chi connectivity index (χ1v) is 8.86. The summed E-state index contributed by atoms with van der Waals surface area (Å²) in [5.74, 6) is 0.959. The lowest BCUT2D eigenvalue weighted by molar-refractivity contribution is 0.138. The van der Waals surface area contributed by atoms with E-state index >= 15 is 0 Å². The Bertz CT molecular complexity index is 758. The second kappa shape index (κ2) is 6.65. The minimum absolute atomic E-state index is 0.137. The Morgan fingerprint density at radius 1 is 1.20 bits per heavy atom. The highest BCUT2D eigenvalue weighted by Crippen LogP contribution is 2.60. The SMILES string of the molecule is O=C(NCC1(c2cccc(Cl)n2)[C@@H]2CNC[C@@H]21)OCc1ccccc1. The quantitative estimate of drug-likeness (QED) is 0.808. The molecule has 2 aliphatic rings. The molecule has 3 atom stereocenters. The van der Waals surface area contributed by atoms with E-state index in [1.807, 2.05) is 42.5 Å². The van der Waals surface area contributed by atoms with Gasteiger partial charge >= 0.3 is 6.09 Å². The number of halogens is 1. The number of benzene rings is 1. The van der Waals surface area contributed by atoms with Crippen LogP contribution in [0.1, 0.15) is 11.3 Å². The van der Waals surface area contributed by atoms with E-state index in [4.69, 9.17) is 16.3 Å². The molecule has 1 unspecified atom stereocenters. The summed E-state index contributed by atoms with van der Waals surface area (Å²) in [5, 5.41) is 6.81. The van der Waals surface area contributed by atoms with E-state index in [2.05, 4.69) is 15.6 Å². The molecule has 1 saturated heterocycles. The van der Waals surface area contributed by atoms with Crippen LogP contribution in [0.25, 0.3) is 0 Å². The first-order chi connectivity index (χ1) is 12.2. The first-order valence-electron chi connectivity index (χ1n) is 8.48. The van der Waals surface area contributed by atoms with Crippen molar-refractivity contribution < 1.29 is 9.53 Å². The first kappa shape index (κ1) is 16.4. The molecule has 1 saturated carbocycles. The number of hydrogen-bond acceptors (Lipinski definition) is 4. The zero-order valence-electron chi connectivity index (χ0n) is 13.7. The predicted molar refractivity (Wildman–Crippen MR) is 95.4 cm³/mol. The number of ether oxygens (including phenoxy) is 1. The maximum absolute atomic E-state index is 12.1. The number of pyridine rings is 1. The van der Waals surface area contributed by atoms with Gasteiger partial charge in [0, 0.05) is 12.0 Å². The van der Waals surface area contributed by atoms with Crippen LogP contribution in [0.4, 0.5) is 4.79 Å². The Balaban J connectivity index is 1.40. The molecular weight excluding hydrogens is 338 g/mol. The topological polar surface area (TPSA) is 63.2 Å². The number of alkyl carbamates (subject to hydrolysis) is 1. The van der Waals surface area contributed by atoms with Crippen molar-refractivity contribution in [3.05, 3.63) is 64.9 Å². The van der Waals surface area contributed by atoms with Crippen molar-refractivity contribution in [2.24, 2.45) is 11.8 Å². The number of nitrogens with zero attached hydrogens (tertiary/aromatic N) is 1. The number of aromatic nitrogens is 1. The zero-order valence-corrected chi connectivity index (χ0v) is 14.5. The van der Waals surface area contributed by atoms with E-state index in [0.717, 1.165) is 24.3 Å². The van der Waals surface area contributed by atoms with Crippen LogP contribution in [0.2, 0.25) is 5.15 Å². The summed E-state index contributed by atoms with van der Waals surface area (Å²) in [6.45, 7) is 2.67. The van der Waals surface area contributed by atoms with Gasteiger partial charge in [-0.05, 0) is 42.6 Å². The molecule has 5 nitrogen and oxygen atoms in total. The maximum Gasteiger partial charge on any atom is 0.407 e. The van der Waals surface area contributed by atoms with Crippen LogP contribution in [0.5, 0.6) is 0 Å².